The van der Waals surface area contributed by atoms with Crippen molar-refractivity contribution < 1.29 is 4.39 Å². The minimum absolute atomic E-state index is 0. The van der Waals surface area contributed by atoms with Crippen molar-refractivity contribution >= 4 is 28.9 Å². The number of rotatable bonds is 1. The molecule has 3 heterocycles. The van der Waals surface area contributed by atoms with Crippen LogP contribution in [0, 0.1) is 5.82 Å². The van der Waals surface area contributed by atoms with E-state index in [9.17, 15) is 4.39 Å². The van der Waals surface area contributed by atoms with Crippen molar-refractivity contribution in [1.29, 1.82) is 0 Å². The summed E-state index contributed by atoms with van der Waals surface area (Å²) in [5.74, 6) is -0.160. The lowest BCUT2D eigenvalue weighted by atomic mass is 9.94. The number of halogens is 2. The maximum Gasteiger partial charge on any atom is 0.123 e. The summed E-state index contributed by atoms with van der Waals surface area (Å²) in [6, 6.07) is 5.66. The summed E-state index contributed by atoms with van der Waals surface area (Å²) in [5.41, 5.74) is 3.58. The monoisotopic (exact) mass is 292 g/mol. The van der Waals surface area contributed by atoms with Crippen LogP contribution in [-0.4, -0.2) is 29.0 Å². The van der Waals surface area contributed by atoms with Gasteiger partial charge in [0.05, 0.1) is 0 Å². The normalized spacial score (nSPS) is 22.4. The van der Waals surface area contributed by atoms with E-state index in [1.165, 1.54) is 36.6 Å². The van der Waals surface area contributed by atoms with Gasteiger partial charge in [-0.25, -0.2) is 4.39 Å². The Kier molecular flexibility index (Phi) is 3.57. The molecule has 106 valence electrons. The Balaban J connectivity index is 0.00000121. The molecule has 1 unspecified atom stereocenters. The van der Waals surface area contributed by atoms with Crippen LogP contribution in [0.2, 0.25) is 0 Å². The van der Waals surface area contributed by atoms with E-state index in [2.05, 4.69) is 16.0 Å². The molecule has 2 aliphatic heterocycles. The number of hydrogen-bond donors (Lipinski definition) is 1. The van der Waals surface area contributed by atoms with Gasteiger partial charge in [0.1, 0.15) is 5.82 Å². The van der Waals surface area contributed by atoms with Crippen LogP contribution < -0.4 is 0 Å². The summed E-state index contributed by atoms with van der Waals surface area (Å²) in [5, 5.41) is 1.01. The van der Waals surface area contributed by atoms with E-state index >= 15 is 0 Å². The van der Waals surface area contributed by atoms with E-state index in [0.29, 0.717) is 6.04 Å². The Labute approximate surface area is 124 Å². The molecular formula is C16H18ClFN2. The number of aromatic amines is 1. The van der Waals surface area contributed by atoms with Crippen LogP contribution in [0.3, 0.4) is 0 Å². The van der Waals surface area contributed by atoms with Crippen molar-refractivity contribution in [2.24, 2.45) is 0 Å². The fourth-order valence-corrected chi connectivity index (χ4v) is 3.51. The van der Waals surface area contributed by atoms with Crippen molar-refractivity contribution in [2.45, 2.75) is 25.3 Å². The smallest absolute Gasteiger partial charge is 0.123 e. The van der Waals surface area contributed by atoms with Crippen LogP contribution in [-0.2, 0) is 0 Å². The highest BCUT2D eigenvalue weighted by Gasteiger charge is 2.28. The lowest BCUT2D eigenvalue weighted by molar-refractivity contribution is 0.275. The third-order valence-electron chi connectivity index (χ3n) is 4.52. The molecule has 0 aliphatic carbocycles. The van der Waals surface area contributed by atoms with E-state index in [1.54, 1.807) is 6.07 Å². The number of hydrogen-bond acceptors (Lipinski definition) is 1. The number of aromatic nitrogens is 1. The summed E-state index contributed by atoms with van der Waals surface area (Å²) in [7, 11) is 0. The van der Waals surface area contributed by atoms with Gasteiger partial charge in [0, 0.05) is 35.2 Å². The van der Waals surface area contributed by atoms with Crippen LogP contribution in [0.15, 0.2) is 30.5 Å². The van der Waals surface area contributed by atoms with Crippen LogP contribution >= 0.6 is 12.4 Å². The van der Waals surface area contributed by atoms with Crippen molar-refractivity contribution in [1.82, 2.24) is 9.88 Å². The van der Waals surface area contributed by atoms with Crippen molar-refractivity contribution in [3.8, 4) is 0 Å². The second-order valence-corrected chi connectivity index (χ2v) is 5.62. The van der Waals surface area contributed by atoms with Gasteiger partial charge in [-0.3, -0.25) is 4.90 Å². The van der Waals surface area contributed by atoms with Crippen LogP contribution in [0.25, 0.3) is 16.5 Å². The molecule has 4 heteroatoms. The number of benzene rings is 1. The van der Waals surface area contributed by atoms with Gasteiger partial charge in [0.2, 0.25) is 0 Å². The van der Waals surface area contributed by atoms with E-state index in [1.807, 2.05) is 12.3 Å². The molecule has 2 aliphatic rings. The SMILES string of the molecule is Cl.Fc1ccc2[nH]cc(C3=CCN4CCCC4C3)c2c1. The number of nitrogens with one attached hydrogen (secondary N) is 1. The molecule has 1 N–H and O–H groups in total. The van der Waals surface area contributed by atoms with Crippen molar-refractivity contribution in [3.63, 3.8) is 0 Å². The van der Waals surface area contributed by atoms with Gasteiger partial charge in [-0.15, -0.1) is 12.4 Å². The Hall–Kier alpha value is -1.32. The van der Waals surface area contributed by atoms with Gasteiger partial charge in [0.25, 0.3) is 0 Å². The Bertz CT molecular complexity index is 662. The molecule has 1 saturated heterocycles. The summed E-state index contributed by atoms with van der Waals surface area (Å²) >= 11 is 0. The first-order valence-electron chi connectivity index (χ1n) is 7.01. The highest BCUT2D eigenvalue weighted by Crippen LogP contribution is 2.35. The lowest BCUT2D eigenvalue weighted by Gasteiger charge is -2.29. The maximum atomic E-state index is 13.4. The largest absolute Gasteiger partial charge is 0.361 e. The van der Waals surface area contributed by atoms with Crippen LogP contribution in [0.4, 0.5) is 4.39 Å². The highest BCUT2D eigenvalue weighted by atomic mass is 35.5. The molecule has 0 radical (unpaired) electrons. The Morgan fingerprint density at radius 3 is 3.10 bits per heavy atom. The van der Waals surface area contributed by atoms with Crippen molar-refractivity contribution in [3.05, 3.63) is 41.9 Å². The molecule has 1 aromatic heterocycles. The third kappa shape index (κ3) is 2.15. The Morgan fingerprint density at radius 2 is 2.20 bits per heavy atom. The van der Waals surface area contributed by atoms with Gasteiger partial charge < -0.3 is 4.98 Å². The average molecular weight is 293 g/mol. The topological polar surface area (TPSA) is 19.0 Å². The second kappa shape index (κ2) is 5.23. The summed E-state index contributed by atoms with van der Waals surface area (Å²) in [6.07, 6.45) is 8.06. The first-order valence-corrected chi connectivity index (χ1v) is 7.01. The first kappa shape index (κ1) is 13.7. The zero-order valence-corrected chi connectivity index (χ0v) is 12.0. The molecular weight excluding hydrogens is 275 g/mol. The molecule has 1 atom stereocenters. The molecule has 0 bridgehead atoms. The predicted octanol–water partition coefficient (Wildman–Crippen LogP) is 3.98. The van der Waals surface area contributed by atoms with Gasteiger partial charge >= 0.3 is 0 Å². The highest BCUT2D eigenvalue weighted by molar-refractivity contribution is 5.92. The quantitative estimate of drug-likeness (QED) is 0.842. The molecule has 1 fully saturated rings. The minimum atomic E-state index is -0.160. The second-order valence-electron chi connectivity index (χ2n) is 5.62. The zero-order valence-electron chi connectivity index (χ0n) is 11.2. The number of H-pyrrole nitrogens is 1. The molecule has 0 amide bonds. The van der Waals surface area contributed by atoms with Gasteiger partial charge in [-0.2, -0.15) is 0 Å². The maximum absolute atomic E-state index is 13.4. The van der Waals surface area contributed by atoms with Crippen LogP contribution in [0.1, 0.15) is 24.8 Å². The first-order chi connectivity index (χ1) is 9.31. The lowest BCUT2D eigenvalue weighted by Crippen LogP contribution is -2.32. The predicted molar refractivity (Wildman–Crippen MR) is 82.7 cm³/mol. The molecule has 1 aromatic carbocycles. The van der Waals surface area contributed by atoms with Crippen LogP contribution in [0.5, 0.6) is 0 Å². The summed E-state index contributed by atoms with van der Waals surface area (Å²) in [4.78, 5) is 5.81. The van der Waals surface area contributed by atoms with Gasteiger partial charge in [-0.1, -0.05) is 6.08 Å². The molecule has 0 spiro atoms. The number of nitrogens with zero attached hydrogens (tertiary/aromatic N) is 1. The fourth-order valence-electron chi connectivity index (χ4n) is 3.51. The third-order valence-corrected chi connectivity index (χ3v) is 4.52. The van der Waals surface area contributed by atoms with E-state index in [0.717, 1.165) is 23.9 Å². The molecule has 4 rings (SSSR count). The van der Waals surface area contributed by atoms with Gasteiger partial charge in [0.15, 0.2) is 0 Å². The molecule has 0 saturated carbocycles. The number of fused-ring (bicyclic) bond motifs is 2. The zero-order chi connectivity index (χ0) is 12.8. The molecule has 2 nitrogen and oxygen atoms in total. The average Bonchev–Trinajstić information content (AvgIpc) is 3.03. The summed E-state index contributed by atoms with van der Waals surface area (Å²) < 4.78 is 13.4. The molecule has 2 aromatic rings. The van der Waals surface area contributed by atoms with E-state index in [-0.39, 0.29) is 18.2 Å². The minimum Gasteiger partial charge on any atom is -0.361 e. The summed E-state index contributed by atoms with van der Waals surface area (Å²) in [6.45, 7) is 2.28. The Morgan fingerprint density at radius 1 is 1.30 bits per heavy atom. The van der Waals surface area contributed by atoms with Crippen molar-refractivity contribution in [2.75, 3.05) is 13.1 Å². The molecule has 20 heavy (non-hydrogen) atoms. The van der Waals surface area contributed by atoms with E-state index < -0.39 is 0 Å². The standard InChI is InChI=1S/C16H17FN2.ClH/c17-12-3-4-16-14(9-12)15(10-18-16)11-5-7-19-6-1-2-13(19)8-11;/h3-5,9-10,13,18H,1-2,6-8H2;1H. The van der Waals surface area contributed by atoms with E-state index in [4.69, 9.17) is 0 Å². The van der Waals surface area contributed by atoms with Gasteiger partial charge in [-0.05, 0) is 49.6 Å². The fraction of sp³-hybridized carbons (Fsp3) is 0.375.